The Labute approximate surface area is 98.4 Å². The van der Waals surface area contributed by atoms with Crippen LogP contribution in [0.3, 0.4) is 0 Å². The Bertz CT molecular complexity index is 445. The highest BCUT2D eigenvalue weighted by atomic mass is 14.4. The molecule has 1 nitrogen and oxygen atoms in total. The van der Waals surface area contributed by atoms with Crippen molar-refractivity contribution in [3.8, 4) is 0 Å². The summed E-state index contributed by atoms with van der Waals surface area (Å²) in [6.07, 6.45) is 8.96. The first-order chi connectivity index (χ1) is 8.27. The van der Waals surface area contributed by atoms with Crippen LogP contribution in [-0.4, -0.2) is 5.71 Å². The summed E-state index contributed by atoms with van der Waals surface area (Å²) in [5, 5.41) is 7.76. The molecular formula is C15H16N+. The molecule has 2 rings (SSSR count). The molecule has 0 aromatic heterocycles. The zero-order chi connectivity index (χ0) is 12.1. The summed E-state index contributed by atoms with van der Waals surface area (Å²) < 4.78 is 8.07. The van der Waals surface area contributed by atoms with Gasteiger partial charge in [-0.15, -0.1) is 0 Å². The fourth-order valence-corrected chi connectivity index (χ4v) is 1.72. The normalized spacial score (nSPS) is 17.4. The van der Waals surface area contributed by atoms with Crippen molar-refractivity contribution in [2.45, 2.75) is 19.2 Å². The van der Waals surface area contributed by atoms with E-state index in [0.29, 0.717) is 5.71 Å². The Morgan fingerprint density at radius 2 is 2.06 bits per heavy atom. The average molecular weight is 211 g/mol. The Kier molecular flexibility index (Phi) is 3.17. The number of aryl methyl sites for hydroxylation is 1. The predicted molar refractivity (Wildman–Crippen MR) is 68.6 cm³/mol. The number of hydrogen-bond donors (Lipinski definition) is 1. The molecule has 0 amide bonds. The zero-order valence-corrected chi connectivity index (χ0v) is 9.19. The molecular weight excluding hydrogens is 194 g/mol. The molecule has 0 fully saturated rings. The standard InChI is InChI=1S/C15H16N/c16-15-12-5-4-10-14(15)11-6-9-13-7-2-1-3-8-13/h1-5,7-8,10,12,16H,6,9,11H2/q+1/i9D. The third kappa shape index (κ3) is 2.86. The van der Waals surface area contributed by atoms with E-state index in [0.717, 1.165) is 24.0 Å². The molecule has 1 unspecified atom stereocenters. The number of benzene rings is 1. The first-order valence-corrected chi connectivity index (χ1v) is 5.54. The van der Waals surface area contributed by atoms with Crippen LogP contribution in [0, 0.1) is 11.8 Å². The third-order valence-electron chi connectivity index (χ3n) is 2.61. The van der Waals surface area contributed by atoms with Crippen LogP contribution in [0.4, 0.5) is 0 Å². The predicted octanol–water partition coefficient (Wildman–Crippen LogP) is 3.73. The molecule has 1 aromatic rings. The van der Waals surface area contributed by atoms with Crippen molar-refractivity contribution in [3.05, 3.63) is 66.1 Å². The van der Waals surface area contributed by atoms with E-state index in [2.05, 4.69) is 0 Å². The SMILES string of the molecule is [2H]C(CCC1=C[CH+]C=CC1=N)c1ccccc1. The summed E-state index contributed by atoms with van der Waals surface area (Å²) in [6, 6.07) is 9.88. The highest BCUT2D eigenvalue weighted by Gasteiger charge is 2.13. The van der Waals surface area contributed by atoms with Gasteiger partial charge in [0.2, 0.25) is 0 Å². The maximum atomic E-state index is 8.07. The van der Waals surface area contributed by atoms with E-state index >= 15 is 0 Å². The molecule has 0 saturated carbocycles. The summed E-state index contributed by atoms with van der Waals surface area (Å²) in [5.41, 5.74) is 2.66. The third-order valence-corrected chi connectivity index (χ3v) is 2.61. The Balaban J connectivity index is 1.91. The van der Waals surface area contributed by atoms with Crippen molar-refractivity contribution in [3.63, 3.8) is 0 Å². The molecule has 1 atom stereocenters. The summed E-state index contributed by atoms with van der Waals surface area (Å²) in [4.78, 5) is 0. The molecule has 0 radical (unpaired) electrons. The number of nitrogens with one attached hydrogen (secondary N) is 1. The van der Waals surface area contributed by atoms with Gasteiger partial charge in [0.25, 0.3) is 0 Å². The maximum absolute atomic E-state index is 8.07. The quantitative estimate of drug-likeness (QED) is 0.734. The molecule has 0 aliphatic heterocycles. The topological polar surface area (TPSA) is 23.9 Å². The lowest BCUT2D eigenvalue weighted by molar-refractivity contribution is 0.828. The number of hydrogen-bond acceptors (Lipinski definition) is 1. The monoisotopic (exact) mass is 211 g/mol. The van der Waals surface area contributed by atoms with Crippen LogP contribution in [0.15, 0.2) is 54.1 Å². The lowest BCUT2D eigenvalue weighted by Gasteiger charge is -2.03. The molecule has 0 heterocycles. The van der Waals surface area contributed by atoms with Crippen LogP contribution >= 0.6 is 0 Å². The molecule has 0 saturated heterocycles. The van der Waals surface area contributed by atoms with Crippen LogP contribution < -0.4 is 0 Å². The highest BCUT2D eigenvalue weighted by Crippen LogP contribution is 2.15. The lowest BCUT2D eigenvalue weighted by atomic mass is 9.97. The first kappa shape index (κ1) is 9.46. The van der Waals surface area contributed by atoms with Gasteiger partial charge in [-0.05, 0) is 18.4 Å². The largest absolute Gasteiger partial charge is 0.275 e. The second kappa shape index (κ2) is 5.36. The number of rotatable bonds is 4. The Hall–Kier alpha value is -1.76. The van der Waals surface area contributed by atoms with Crippen LogP contribution in [0.2, 0.25) is 0 Å². The second-order valence-electron chi connectivity index (χ2n) is 3.81. The van der Waals surface area contributed by atoms with Gasteiger partial charge in [-0.25, -0.2) is 0 Å². The molecule has 0 spiro atoms. The number of allylic oxidation sites excluding steroid dienone is 4. The van der Waals surface area contributed by atoms with Gasteiger partial charge in [0, 0.05) is 14.2 Å². The van der Waals surface area contributed by atoms with Gasteiger partial charge < -0.3 is 0 Å². The lowest BCUT2D eigenvalue weighted by Crippen LogP contribution is -2.02. The van der Waals surface area contributed by atoms with E-state index < -0.39 is 0 Å². The van der Waals surface area contributed by atoms with Crippen LogP contribution in [-0.2, 0) is 6.40 Å². The van der Waals surface area contributed by atoms with Gasteiger partial charge >= 0.3 is 0 Å². The van der Waals surface area contributed by atoms with Crippen molar-refractivity contribution >= 4 is 5.71 Å². The van der Waals surface area contributed by atoms with Gasteiger partial charge in [0.05, 0.1) is 23.8 Å². The van der Waals surface area contributed by atoms with E-state index in [9.17, 15) is 0 Å². The minimum Gasteiger partial charge on any atom is -0.275 e. The van der Waals surface area contributed by atoms with Crippen LogP contribution in [0.25, 0.3) is 0 Å². The minimum atomic E-state index is -0.198. The molecule has 1 aliphatic rings. The van der Waals surface area contributed by atoms with Crippen molar-refractivity contribution < 1.29 is 1.37 Å². The Morgan fingerprint density at radius 1 is 1.25 bits per heavy atom. The fourth-order valence-electron chi connectivity index (χ4n) is 1.72. The van der Waals surface area contributed by atoms with Crippen molar-refractivity contribution in [1.29, 1.82) is 5.41 Å². The molecule has 0 bridgehead atoms. The molecule has 80 valence electrons. The second-order valence-corrected chi connectivity index (χ2v) is 3.81. The minimum absolute atomic E-state index is 0.198. The van der Waals surface area contributed by atoms with E-state index in [1.54, 1.807) is 6.08 Å². The molecule has 1 heteroatoms. The van der Waals surface area contributed by atoms with E-state index in [1.807, 2.05) is 48.9 Å². The van der Waals surface area contributed by atoms with Gasteiger partial charge in [-0.3, -0.25) is 5.41 Å². The molecule has 1 aliphatic carbocycles. The van der Waals surface area contributed by atoms with Gasteiger partial charge in [0.15, 0.2) is 5.71 Å². The van der Waals surface area contributed by atoms with Gasteiger partial charge in [0.1, 0.15) is 0 Å². The molecule has 1 N–H and O–H groups in total. The Morgan fingerprint density at radius 3 is 2.81 bits per heavy atom. The van der Waals surface area contributed by atoms with Crippen LogP contribution in [0.5, 0.6) is 0 Å². The zero-order valence-electron chi connectivity index (χ0n) is 10.2. The maximum Gasteiger partial charge on any atom is 0.168 e. The smallest absolute Gasteiger partial charge is 0.168 e. The fraction of sp³-hybridized carbons (Fsp3) is 0.200. The summed E-state index contributed by atoms with van der Waals surface area (Å²) in [6.45, 7) is 0. The van der Waals surface area contributed by atoms with Crippen molar-refractivity contribution in [1.82, 2.24) is 0 Å². The van der Waals surface area contributed by atoms with Crippen molar-refractivity contribution in [2.75, 3.05) is 0 Å². The molecule has 1 aromatic carbocycles. The van der Waals surface area contributed by atoms with E-state index in [1.165, 1.54) is 0 Å². The first-order valence-electron chi connectivity index (χ1n) is 6.12. The van der Waals surface area contributed by atoms with E-state index in [-0.39, 0.29) is 6.40 Å². The van der Waals surface area contributed by atoms with Gasteiger partial charge in [-0.1, -0.05) is 30.3 Å². The van der Waals surface area contributed by atoms with Gasteiger partial charge in [-0.2, -0.15) is 0 Å². The van der Waals surface area contributed by atoms with Crippen molar-refractivity contribution in [2.24, 2.45) is 0 Å². The summed E-state index contributed by atoms with van der Waals surface area (Å²) in [5.74, 6) is 0. The highest BCUT2D eigenvalue weighted by molar-refractivity contribution is 6.07. The summed E-state index contributed by atoms with van der Waals surface area (Å²) in [7, 11) is 0. The van der Waals surface area contributed by atoms with Crippen LogP contribution in [0.1, 0.15) is 19.8 Å². The van der Waals surface area contributed by atoms with E-state index in [4.69, 9.17) is 6.78 Å². The molecule has 16 heavy (non-hydrogen) atoms. The average Bonchev–Trinajstić information content (AvgIpc) is 2.38. The summed E-state index contributed by atoms with van der Waals surface area (Å²) >= 11 is 0.